The minimum Gasteiger partial charge on any atom is -0.343 e. The first kappa shape index (κ1) is 20.4. The van der Waals surface area contributed by atoms with Gasteiger partial charge >= 0.3 is 0 Å². The van der Waals surface area contributed by atoms with E-state index in [0.29, 0.717) is 30.7 Å². The highest BCUT2D eigenvalue weighted by Gasteiger charge is 2.39. The zero-order valence-corrected chi connectivity index (χ0v) is 18.1. The standard InChI is InChI=1S/C24H31N5O2/c30-23-3-1-11-28(23)12-2-13-29-22-8-14-27(17-19(22)5-7-24(29)31)16-18-4-6-20-21(15-18)26-10-9-25-20/h4,6,9-10,15,19,22H,1-3,5,7-8,11-14,16-17H2/t19-,22+/m1/s1. The van der Waals surface area contributed by atoms with E-state index in [4.69, 9.17) is 0 Å². The maximum absolute atomic E-state index is 12.7. The fraction of sp³-hybridized carbons (Fsp3) is 0.583. The molecule has 31 heavy (non-hydrogen) atoms. The molecule has 0 radical (unpaired) electrons. The Bertz CT molecular complexity index is 964. The smallest absolute Gasteiger partial charge is 0.222 e. The summed E-state index contributed by atoms with van der Waals surface area (Å²) in [7, 11) is 0. The van der Waals surface area contributed by atoms with Gasteiger partial charge in [0.15, 0.2) is 0 Å². The molecule has 3 aliphatic rings. The summed E-state index contributed by atoms with van der Waals surface area (Å²) in [5.41, 5.74) is 3.15. The Morgan fingerprint density at radius 1 is 0.935 bits per heavy atom. The Kier molecular flexibility index (Phi) is 5.85. The molecule has 1 aromatic heterocycles. The van der Waals surface area contributed by atoms with Gasteiger partial charge in [-0.15, -0.1) is 0 Å². The first-order valence-corrected chi connectivity index (χ1v) is 11.7. The molecule has 3 saturated heterocycles. The zero-order valence-electron chi connectivity index (χ0n) is 18.1. The van der Waals surface area contributed by atoms with E-state index in [9.17, 15) is 9.59 Å². The molecule has 4 heterocycles. The third-order valence-electron chi connectivity index (χ3n) is 7.17. The molecule has 2 amide bonds. The van der Waals surface area contributed by atoms with Gasteiger partial charge in [-0.1, -0.05) is 6.07 Å². The average molecular weight is 422 g/mol. The Balaban J connectivity index is 1.18. The van der Waals surface area contributed by atoms with Crippen LogP contribution < -0.4 is 0 Å². The van der Waals surface area contributed by atoms with Crippen LogP contribution in [0.25, 0.3) is 11.0 Å². The van der Waals surface area contributed by atoms with Crippen LogP contribution in [-0.2, 0) is 16.1 Å². The molecular weight excluding hydrogens is 390 g/mol. The van der Waals surface area contributed by atoms with Crippen molar-refractivity contribution in [2.24, 2.45) is 5.92 Å². The molecular formula is C24H31N5O2. The van der Waals surface area contributed by atoms with Crippen molar-refractivity contribution in [2.75, 3.05) is 32.7 Å². The normalized spacial score (nSPS) is 24.8. The van der Waals surface area contributed by atoms with Gasteiger partial charge in [-0.05, 0) is 49.3 Å². The van der Waals surface area contributed by atoms with E-state index in [1.807, 2.05) is 4.90 Å². The van der Waals surface area contributed by atoms with Gasteiger partial charge in [0.05, 0.1) is 11.0 Å². The highest BCUT2D eigenvalue weighted by Crippen LogP contribution is 2.32. The number of aromatic nitrogens is 2. The van der Waals surface area contributed by atoms with E-state index in [0.717, 1.165) is 76.0 Å². The third kappa shape index (κ3) is 4.42. The van der Waals surface area contributed by atoms with Gasteiger partial charge in [-0.25, -0.2) is 0 Å². The number of amides is 2. The number of hydrogen-bond donors (Lipinski definition) is 0. The monoisotopic (exact) mass is 421 g/mol. The van der Waals surface area contributed by atoms with Crippen molar-refractivity contribution in [2.45, 2.75) is 51.1 Å². The lowest BCUT2D eigenvalue weighted by atomic mass is 9.83. The number of piperidine rings is 2. The van der Waals surface area contributed by atoms with Crippen LogP contribution in [0.15, 0.2) is 30.6 Å². The summed E-state index contributed by atoms with van der Waals surface area (Å²) < 4.78 is 0. The van der Waals surface area contributed by atoms with Crippen LogP contribution in [0.5, 0.6) is 0 Å². The molecule has 0 unspecified atom stereocenters. The van der Waals surface area contributed by atoms with Gasteiger partial charge in [0, 0.05) is 70.5 Å². The van der Waals surface area contributed by atoms with Crippen molar-refractivity contribution < 1.29 is 9.59 Å². The van der Waals surface area contributed by atoms with Crippen LogP contribution in [0.4, 0.5) is 0 Å². The molecule has 0 N–H and O–H groups in total. The summed E-state index contributed by atoms with van der Waals surface area (Å²) in [6.45, 7) is 5.42. The first-order valence-electron chi connectivity index (χ1n) is 11.7. The largest absolute Gasteiger partial charge is 0.343 e. The molecule has 1 aromatic carbocycles. The van der Waals surface area contributed by atoms with Crippen molar-refractivity contribution in [3.05, 3.63) is 36.2 Å². The summed E-state index contributed by atoms with van der Waals surface area (Å²) in [6.07, 6.45) is 8.71. The SMILES string of the molecule is O=C1CCCN1CCCN1C(=O)CC[C@@H]2CN(Cc3ccc4nccnc4c3)CC[C@@H]21. The molecule has 7 nitrogen and oxygen atoms in total. The quantitative estimate of drug-likeness (QED) is 0.717. The van der Waals surface area contributed by atoms with Crippen molar-refractivity contribution in [3.63, 3.8) is 0 Å². The van der Waals surface area contributed by atoms with Gasteiger partial charge in [0.1, 0.15) is 0 Å². The molecule has 3 fully saturated rings. The van der Waals surface area contributed by atoms with Crippen molar-refractivity contribution in [1.82, 2.24) is 24.7 Å². The highest BCUT2D eigenvalue weighted by atomic mass is 16.2. The lowest BCUT2D eigenvalue weighted by Crippen LogP contribution is -2.56. The highest BCUT2D eigenvalue weighted by molar-refractivity contribution is 5.78. The molecule has 0 aliphatic carbocycles. The van der Waals surface area contributed by atoms with E-state index in [1.165, 1.54) is 5.56 Å². The van der Waals surface area contributed by atoms with E-state index < -0.39 is 0 Å². The van der Waals surface area contributed by atoms with Gasteiger partial charge in [-0.2, -0.15) is 0 Å². The van der Waals surface area contributed by atoms with Crippen molar-refractivity contribution in [3.8, 4) is 0 Å². The Hall–Kier alpha value is -2.54. The number of hydrogen-bond acceptors (Lipinski definition) is 5. The molecule has 2 aromatic rings. The van der Waals surface area contributed by atoms with Crippen LogP contribution in [0.1, 0.15) is 44.1 Å². The van der Waals surface area contributed by atoms with Gasteiger partial charge in [0.2, 0.25) is 11.8 Å². The third-order valence-corrected chi connectivity index (χ3v) is 7.17. The molecule has 0 bridgehead atoms. The molecule has 2 atom stereocenters. The molecule has 5 rings (SSSR count). The predicted molar refractivity (Wildman–Crippen MR) is 118 cm³/mol. The lowest BCUT2D eigenvalue weighted by Gasteiger charge is -2.47. The van der Waals surface area contributed by atoms with Crippen LogP contribution in [0, 0.1) is 5.92 Å². The van der Waals surface area contributed by atoms with E-state index in [2.05, 4.69) is 38.0 Å². The van der Waals surface area contributed by atoms with Gasteiger partial charge < -0.3 is 9.80 Å². The zero-order chi connectivity index (χ0) is 21.2. The second kappa shape index (κ2) is 8.91. The van der Waals surface area contributed by atoms with E-state index in [1.54, 1.807) is 12.4 Å². The van der Waals surface area contributed by atoms with Crippen molar-refractivity contribution >= 4 is 22.8 Å². The summed E-state index contributed by atoms with van der Waals surface area (Å²) in [5.74, 6) is 1.12. The van der Waals surface area contributed by atoms with Gasteiger partial charge in [0.25, 0.3) is 0 Å². The Morgan fingerprint density at radius 2 is 1.81 bits per heavy atom. The maximum Gasteiger partial charge on any atom is 0.222 e. The van der Waals surface area contributed by atoms with Crippen LogP contribution in [0.3, 0.4) is 0 Å². The van der Waals surface area contributed by atoms with E-state index in [-0.39, 0.29) is 5.91 Å². The molecule has 0 spiro atoms. The molecule has 7 heteroatoms. The fourth-order valence-corrected chi connectivity index (χ4v) is 5.60. The van der Waals surface area contributed by atoms with Crippen LogP contribution in [0.2, 0.25) is 0 Å². The lowest BCUT2D eigenvalue weighted by molar-refractivity contribution is -0.141. The minimum atomic E-state index is 0.274. The van der Waals surface area contributed by atoms with Crippen LogP contribution >= 0.6 is 0 Å². The Labute approximate surface area is 183 Å². The summed E-state index contributed by atoms with van der Waals surface area (Å²) in [6, 6.07) is 6.70. The number of carbonyl (C=O) groups is 2. The maximum atomic E-state index is 12.7. The number of likely N-dealkylation sites (tertiary alicyclic amines) is 3. The number of nitrogens with zero attached hydrogens (tertiary/aromatic N) is 5. The average Bonchev–Trinajstić information content (AvgIpc) is 3.20. The Morgan fingerprint density at radius 3 is 2.65 bits per heavy atom. The fourth-order valence-electron chi connectivity index (χ4n) is 5.60. The molecule has 164 valence electrons. The number of rotatable bonds is 6. The van der Waals surface area contributed by atoms with Crippen LogP contribution in [-0.4, -0.2) is 75.2 Å². The second-order valence-corrected chi connectivity index (χ2v) is 9.19. The molecule has 0 saturated carbocycles. The first-order chi connectivity index (χ1) is 15.2. The second-order valence-electron chi connectivity index (χ2n) is 9.19. The summed E-state index contributed by atoms with van der Waals surface area (Å²) in [4.78, 5) is 39.9. The van der Waals surface area contributed by atoms with Gasteiger partial charge in [-0.3, -0.25) is 24.5 Å². The summed E-state index contributed by atoms with van der Waals surface area (Å²) in [5, 5.41) is 0. The molecule has 3 aliphatic heterocycles. The number of carbonyl (C=O) groups excluding carboxylic acids is 2. The summed E-state index contributed by atoms with van der Waals surface area (Å²) >= 11 is 0. The van der Waals surface area contributed by atoms with E-state index >= 15 is 0 Å². The van der Waals surface area contributed by atoms with Crippen molar-refractivity contribution in [1.29, 1.82) is 0 Å². The number of fused-ring (bicyclic) bond motifs is 2. The number of benzene rings is 1. The minimum absolute atomic E-state index is 0.274. The predicted octanol–water partition coefficient (Wildman–Crippen LogP) is 2.46. The topological polar surface area (TPSA) is 69.6 Å².